The Morgan fingerprint density at radius 2 is 1.74 bits per heavy atom. The first-order chi connectivity index (χ1) is 11.0. The lowest BCUT2D eigenvalue weighted by molar-refractivity contribution is 0.216. The molecule has 2 aromatic rings. The summed E-state index contributed by atoms with van der Waals surface area (Å²) in [6.07, 6.45) is 0.783. The summed E-state index contributed by atoms with van der Waals surface area (Å²) >= 11 is 0. The Hall–Kier alpha value is -2.49. The summed E-state index contributed by atoms with van der Waals surface area (Å²) in [6.45, 7) is 5.27. The minimum atomic E-state index is -0.102. The standard InChI is InChI=1S/C19H24N2O2/c1-15-12-16(2)14-17(13-15)20-19(22)21(3)10-7-11-23-18-8-5-4-6-9-18/h4-6,8-9,12-14H,7,10-11H2,1-3H3,(H,20,22). The van der Waals surface area contributed by atoms with Crippen molar-refractivity contribution in [2.75, 3.05) is 25.5 Å². The number of hydrogen-bond donors (Lipinski definition) is 1. The molecule has 0 aliphatic rings. The van der Waals surface area contributed by atoms with E-state index in [2.05, 4.69) is 11.4 Å². The third-order valence-electron chi connectivity index (χ3n) is 3.47. The quantitative estimate of drug-likeness (QED) is 0.811. The van der Waals surface area contributed by atoms with Crippen molar-refractivity contribution in [3.8, 4) is 5.75 Å². The zero-order valence-corrected chi connectivity index (χ0v) is 14.0. The van der Waals surface area contributed by atoms with Crippen LogP contribution in [0.1, 0.15) is 17.5 Å². The van der Waals surface area contributed by atoms with Crippen LogP contribution in [-0.4, -0.2) is 31.1 Å². The number of hydrogen-bond acceptors (Lipinski definition) is 2. The molecule has 0 heterocycles. The molecule has 0 atom stereocenters. The van der Waals surface area contributed by atoms with Crippen LogP contribution >= 0.6 is 0 Å². The molecular weight excluding hydrogens is 288 g/mol. The van der Waals surface area contributed by atoms with E-state index in [0.29, 0.717) is 13.2 Å². The highest BCUT2D eigenvalue weighted by molar-refractivity contribution is 5.89. The van der Waals surface area contributed by atoms with Crippen molar-refractivity contribution in [3.05, 3.63) is 59.7 Å². The van der Waals surface area contributed by atoms with Crippen molar-refractivity contribution < 1.29 is 9.53 Å². The summed E-state index contributed by atoms with van der Waals surface area (Å²) in [7, 11) is 1.79. The first-order valence-corrected chi connectivity index (χ1v) is 7.83. The van der Waals surface area contributed by atoms with Crippen molar-refractivity contribution in [1.29, 1.82) is 0 Å². The highest BCUT2D eigenvalue weighted by atomic mass is 16.5. The number of nitrogens with zero attached hydrogens (tertiary/aromatic N) is 1. The third-order valence-corrected chi connectivity index (χ3v) is 3.47. The average molecular weight is 312 g/mol. The third kappa shape index (κ3) is 5.66. The first-order valence-electron chi connectivity index (χ1n) is 7.83. The molecule has 2 aromatic carbocycles. The number of urea groups is 1. The van der Waals surface area contributed by atoms with Crippen molar-refractivity contribution in [3.63, 3.8) is 0 Å². The summed E-state index contributed by atoms with van der Waals surface area (Å²) in [4.78, 5) is 13.8. The monoisotopic (exact) mass is 312 g/mol. The Morgan fingerprint density at radius 1 is 1.09 bits per heavy atom. The summed E-state index contributed by atoms with van der Waals surface area (Å²) < 4.78 is 5.63. The molecule has 0 aromatic heterocycles. The van der Waals surface area contributed by atoms with Crippen molar-refractivity contribution >= 4 is 11.7 Å². The van der Waals surface area contributed by atoms with Gasteiger partial charge in [-0.15, -0.1) is 0 Å². The topological polar surface area (TPSA) is 41.6 Å². The Morgan fingerprint density at radius 3 is 2.39 bits per heavy atom. The molecule has 0 fully saturated rings. The molecule has 0 saturated heterocycles. The minimum absolute atomic E-state index is 0.102. The zero-order valence-electron chi connectivity index (χ0n) is 14.0. The van der Waals surface area contributed by atoms with E-state index in [-0.39, 0.29) is 6.03 Å². The number of ether oxygens (including phenoxy) is 1. The maximum Gasteiger partial charge on any atom is 0.321 e. The molecule has 0 bridgehead atoms. The summed E-state index contributed by atoms with van der Waals surface area (Å²) in [5.74, 6) is 0.856. The van der Waals surface area contributed by atoms with E-state index in [1.54, 1.807) is 11.9 Å². The second-order valence-electron chi connectivity index (χ2n) is 5.74. The van der Waals surface area contributed by atoms with Gasteiger partial charge in [-0.25, -0.2) is 4.79 Å². The van der Waals surface area contributed by atoms with Gasteiger partial charge in [-0.2, -0.15) is 0 Å². The summed E-state index contributed by atoms with van der Waals surface area (Å²) in [5, 5.41) is 2.93. The maximum atomic E-state index is 12.2. The molecule has 122 valence electrons. The van der Waals surface area contributed by atoms with Crippen molar-refractivity contribution in [1.82, 2.24) is 4.90 Å². The molecule has 1 N–H and O–H groups in total. The number of rotatable bonds is 6. The van der Waals surface area contributed by atoms with E-state index in [1.807, 2.05) is 56.3 Å². The molecule has 0 aliphatic heterocycles. The van der Waals surface area contributed by atoms with Crippen LogP contribution in [0, 0.1) is 13.8 Å². The molecule has 23 heavy (non-hydrogen) atoms. The molecule has 0 saturated carbocycles. The molecule has 2 rings (SSSR count). The number of carbonyl (C=O) groups is 1. The van der Waals surface area contributed by atoms with Gasteiger partial charge in [0.15, 0.2) is 0 Å². The van der Waals surface area contributed by atoms with Gasteiger partial charge in [-0.05, 0) is 55.7 Å². The summed E-state index contributed by atoms with van der Waals surface area (Å²) in [5.41, 5.74) is 3.11. The number of amides is 2. The second-order valence-corrected chi connectivity index (χ2v) is 5.74. The fourth-order valence-corrected chi connectivity index (χ4v) is 2.38. The van der Waals surface area contributed by atoms with E-state index in [0.717, 1.165) is 29.0 Å². The molecule has 0 aliphatic carbocycles. The molecular formula is C19H24N2O2. The van der Waals surface area contributed by atoms with Crippen molar-refractivity contribution in [2.24, 2.45) is 0 Å². The smallest absolute Gasteiger partial charge is 0.321 e. The number of para-hydroxylation sites is 1. The van der Waals surface area contributed by atoms with Gasteiger partial charge in [0.25, 0.3) is 0 Å². The van der Waals surface area contributed by atoms with E-state index >= 15 is 0 Å². The van der Waals surface area contributed by atoms with Gasteiger partial charge in [0.2, 0.25) is 0 Å². The Balaban J connectivity index is 1.74. The van der Waals surface area contributed by atoms with Crippen LogP contribution < -0.4 is 10.1 Å². The van der Waals surface area contributed by atoms with Gasteiger partial charge in [-0.1, -0.05) is 24.3 Å². The van der Waals surface area contributed by atoms with Gasteiger partial charge in [0.05, 0.1) is 6.61 Å². The van der Waals surface area contributed by atoms with Crippen LogP contribution in [0.2, 0.25) is 0 Å². The lowest BCUT2D eigenvalue weighted by Crippen LogP contribution is -2.32. The molecule has 4 heteroatoms. The SMILES string of the molecule is Cc1cc(C)cc(NC(=O)N(C)CCCOc2ccccc2)c1. The van der Waals surface area contributed by atoms with E-state index in [1.165, 1.54) is 0 Å². The zero-order chi connectivity index (χ0) is 16.7. The molecule has 0 radical (unpaired) electrons. The number of nitrogens with one attached hydrogen (secondary N) is 1. The fraction of sp³-hybridized carbons (Fsp3) is 0.316. The molecule has 0 spiro atoms. The van der Waals surface area contributed by atoms with E-state index in [4.69, 9.17) is 4.74 Å². The van der Waals surface area contributed by atoms with Gasteiger partial charge < -0.3 is 15.0 Å². The highest BCUT2D eigenvalue weighted by Gasteiger charge is 2.09. The van der Waals surface area contributed by atoms with E-state index in [9.17, 15) is 4.79 Å². The Kier molecular flexibility index (Phi) is 6.03. The van der Waals surface area contributed by atoms with Crippen LogP contribution in [0.3, 0.4) is 0 Å². The highest BCUT2D eigenvalue weighted by Crippen LogP contribution is 2.14. The second kappa shape index (κ2) is 8.22. The Bertz CT molecular complexity index is 621. The van der Waals surface area contributed by atoms with E-state index < -0.39 is 0 Å². The number of anilines is 1. The van der Waals surface area contributed by atoms with Crippen LogP contribution in [0.15, 0.2) is 48.5 Å². The number of carbonyl (C=O) groups excluding carboxylic acids is 1. The lowest BCUT2D eigenvalue weighted by Gasteiger charge is -2.18. The predicted octanol–water partition coefficient (Wildman–Crippen LogP) is 4.24. The number of benzene rings is 2. The van der Waals surface area contributed by atoms with Gasteiger partial charge in [0, 0.05) is 19.3 Å². The van der Waals surface area contributed by atoms with Gasteiger partial charge >= 0.3 is 6.03 Å². The normalized spacial score (nSPS) is 10.2. The number of aryl methyl sites for hydroxylation is 2. The fourth-order valence-electron chi connectivity index (χ4n) is 2.38. The largest absolute Gasteiger partial charge is 0.494 e. The first kappa shape index (κ1) is 16.9. The predicted molar refractivity (Wildman–Crippen MR) is 94.1 cm³/mol. The van der Waals surface area contributed by atoms with Crippen LogP contribution in [0.25, 0.3) is 0 Å². The molecule has 2 amide bonds. The van der Waals surface area contributed by atoms with Crippen LogP contribution in [0.5, 0.6) is 5.75 Å². The molecule has 0 unspecified atom stereocenters. The average Bonchev–Trinajstić information content (AvgIpc) is 2.51. The maximum absolute atomic E-state index is 12.2. The minimum Gasteiger partial charge on any atom is -0.494 e. The van der Waals surface area contributed by atoms with Crippen LogP contribution in [-0.2, 0) is 0 Å². The lowest BCUT2D eigenvalue weighted by atomic mass is 10.1. The Labute approximate surface area is 138 Å². The van der Waals surface area contributed by atoms with Gasteiger partial charge in [0.1, 0.15) is 5.75 Å². The summed E-state index contributed by atoms with van der Waals surface area (Å²) in [6, 6.07) is 15.6. The van der Waals surface area contributed by atoms with Crippen LogP contribution in [0.4, 0.5) is 10.5 Å². The van der Waals surface area contributed by atoms with Gasteiger partial charge in [-0.3, -0.25) is 0 Å². The van der Waals surface area contributed by atoms with Crippen molar-refractivity contribution in [2.45, 2.75) is 20.3 Å². The molecule has 4 nitrogen and oxygen atoms in total.